The first-order chi connectivity index (χ1) is 10.5. The maximum absolute atomic E-state index is 8.61. The summed E-state index contributed by atoms with van der Waals surface area (Å²) in [4.78, 5) is 4.67. The summed E-state index contributed by atoms with van der Waals surface area (Å²) in [6, 6.07) is 10.2. The molecule has 1 heterocycles. The minimum absolute atomic E-state index is 0.0706. The van der Waals surface area contributed by atoms with Crippen LogP contribution in [-0.2, 0) is 6.37 Å². The number of rotatable bonds is 4. The van der Waals surface area contributed by atoms with Gasteiger partial charge in [-0.05, 0) is 0 Å². The van der Waals surface area contributed by atoms with Crippen LogP contribution in [0.2, 0.25) is 17.3 Å². The number of benzene rings is 1. The molecule has 0 saturated carbocycles. The zero-order valence-electron chi connectivity index (χ0n) is 16.0. The van der Waals surface area contributed by atoms with Crippen LogP contribution in [0.5, 0.6) is 0 Å². The van der Waals surface area contributed by atoms with Gasteiger partial charge < -0.3 is 0 Å². The summed E-state index contributed by atoms with van der Waals surface area (Å²) in [5.74, 6) is 6.81. The van der Waals surface area contributed by atoms with Crippen molar-refractivity contribution in [2.45, 2.75) is 44.4 Å². The van der Waals surface area contributed by atoms with Crippen LogP contribution >= 0.6 is 0 Å². The fraction of sp³-hybridized carbons (Fsp3) is 0.421. The first kappa shape index (κ1) is 13.6. The predicted octanol–water partition coefficient (Wildman–Crippen LogP) is 4.80. The van der Waals surface area contributed by atoms with Gasteiger partial charge >= 0.3 is 135 Å². The summed E-state index contributed by atoms with van der Waals surface area (Å²) in [6.07, 6.45) is 0.600. The molecule has 0 amide bonds. The third-order valence-electron chi connectivity index (χ3n) is 3.47. The van der Waals surface area contributed by atoms with Crippen LogP contribution in [0.25, 0.3) is 11.3 Å². The normalized spacial score (nSPS) is 14.0. The second-order valence-electron chi connectivity index (χ2n) is 7.03. The van der Waals surface area contributed by atoms with Gasteiger partial charge in [0.1, 0.15) is 0 Å². The maximum atomic E-state index is 8.61. The van der Waals surface area contributed by atoms with E-state index in [0.717, 1.165) is 16.8 Å². The summed E-state index contributed by atoms with van der Waals surface area (Å²) in [5.41, 5.74) is 3.95. The van der Waals surface area contributed by atoms with Gasteiger partial charge in [-0.15, -0.1) is 0 Å². The third-order valence-corrected chi connectivity index (χ3v) is 7.70. The number of pyridine rings is 1. The van der Waals surface area contributed by atoms with Gasteiger partial charge in [-0.25, -0.2) is 0 Å². The second-order valence-corrected chi connectivity index (χ2v) is 17.6. The minimum atomic E-state index is -2.21. The van der Waals surface area contributed by atoms with Gasteiger partial charge in [0.2, 0.25) is 0 Å². The number of aromatic nitrogens is 1. The van der Waals surface area contributed by atoms with Crippen molar-refractivity contribution in [1.82, 2.24) is 4.98 Å². The fourth-order valence-electron chi connectivity index (χ4n) is 2.45. The molecular weight excluding hydrogens is 315 g/mol. The molecule has 2 heteroatoms. The third kappa shape index (κ3) is 4.19. The zero-order chi connectivity index (χ0) is 17.4. The number of aryl methyl sites for hydroxylation is 1. The molecule has 1 nitrogen and oxygen atoms in total. The molecule has 0 unspecified atom stereocenters. The summed E-state index contributed by atoms with van der Waals surface area (Å²) >= 11 is -2.21. The Morgan fingerprint density at radius 2 is 1.90 bits per heavy atom. The van der Waals surface area contributed by atoms with Crippen LogP contribution in [0.4, 0.5) is 0 Å². The van der Waals surface area contributed by atoms with Crippen molar-refractivity contribution in [3.8, 4) is 11.3 Å². The van der Waals surface area contributed by atoms with Crippen molar-refractivity contribution in [2.24, 2.45) is 5.92 Å². The van der Waals surface area contributed by atoms with Crippen LogP contribution in [0.1, 0.15) is 27.7 Å². The van der Waals surface area contributed by atoms with E-state index in [2.05, 4.69) is 41.3 Å². The number of hydrogen-bond donors (Lipinski definition) is 0. The van der Waals surface area contributed by atoms with Crippen LogP contribution in [-0.4, -0.2) is 18.3 Å². The van der Waals surface area contributed by atoms with E-state index < -0.39 is 19.6 Å². The van der Waals surface area contributed by atoms with Crippen LogP contribution in [0.15, 0.2) is 36.5 Å². The summed E-state index contributed by atoms with van der Waals surface area (Å²) in [7, 11) is 0. The van der Waals surface area contributed by atoms with Gasteiger partial charge in [0.05, 0.1) is 0 Å². The Bertz CT molecular complexity index is 703. The summed E-state index contributed by atoms with van der Waals surface area (Å²) < 4.78 is 18.4. The van der Waals surface area contributed by atoms with Gasteiger partial charge in [-0.3, -0.25) is 0 Å². The molecule has 0 saturated heterocycles. The Labute approximate surface area is 135 Å². The molecule has 0 aliphatic carbocycles. The van der Waals surface area contributed by atoms with Gasteiger partial charge in [-0.1, -0.05) is 0 Å². The van der Waals surface area contributed by atoms with E-state index >= 15 is 0 Å². The molecule has 2 aromatic rings. The summed E-state index contributed by atoms with van der Waals surface area (Å²) in [6.45, 7) is 5.97. The Morgan fingerprint density at radius 1 is 1.19 bits per heavy atom. The molecule has 0 radical (unpaired) electrons. The zero-order valence-corrected chi connectivity index (χ0v) is 16.1. The van der Waals surface area contributed by atoms with Crippen molar-refractivity contribution in [1.29, 1.82) is 0 Å². The molecule has 0 aliphatic rings. The molecule has 0 N–H and O–H groups in total. The van der Waals surface area contributed by atoms with Gasteiger partial charge in [-0.2, -0.15) is 0 Å². The standard InChI is InChI=1S/C19H27GeN/c1-14(2)10-17-12-19(16-9-7-8-15(3)11-16)21-13-18(17)20(4,5)6/h7-9,11-14H,10H2,1-6H3/i10D2. The Hall–Kier alpha value is -1.09. The van der Waals surface area contributed by atoms with E-state index in [-0.39, 0.29) is 5.92 Å². The van der Waals surface area contributed by atoms with Crippen molar-refractivity contribution in [3.05, 3.63) is 47.7 Å². The Morgan fingerprint density at radius 3 is 2.48 bits per heavy atom. The fourth-order valence-corrected chi connectivity index (χ4v) is 5.39. The first-order valence-electron chi connectivity index (χ1n) is 8.61. The van der Waals surface area contributed by atoms with E-state index in [1.54, 1.807) is 0 Å². The van der Waals surface area contributed by atoms with E-state index in [1.165, 1.54) is 9.96 Å². The molecule has 0 fully saturated rings. The molecule has 1 aromatic carbocycles. The molecule has 0 aliphatic heterocycles. The monoisotopic (exact) mass is 345 g/mol. The van der Waals surface area contributed by atoms with E-state index in [1.807, 2.05) is 38.2 Å². The molecule has 2 rings (SSSR count). The molecular formula is C19H27GeN. The van der Waals surface area contributed by atoms with Crippen molar-refractivity contribution in [2.75, 3.05) is 0 Å². The molecule has 1 aromatic heterocycles. The quantitative estimate of drug-likeness (QED) is 0.726. The average molecular weight is 344 g/mol. The SMILES string of the molecule is [2H]C([2H])(c1cc(-c2cccc(C)c2)nc[c]1[Ge]([CH3])([CH3])[CH3])C(C)C. The molecule has 0 atom stereocenters. The molecule has 0 bridgehead atoms. The van der Waals surface area contributed by atoms with Crippen molar-refractivity contribution < 1.29 is 2.74 Å². The average Bonchev–Trinajstić information content (AvgIpc) is 2.45. The molecule has 21 heavy (non-hydrogen) atoms. The topological polar surface area (TPSA) is 12.9 Å². The Balaban J connectivity index is 2.68. The second kappa shape index (κ2) is 6.35. The Kier molecular flexibility index (Phi) is 4.10. The number of hydrogen-bond acceptors (Lipinski definition) is 1. The van der Waals surface area contributed by atoms with Crippen LogP contribution in [0.3, 0.4) is 0 Å². The first-order valence-corrected chi connectivity index (χ1v) is 15.0. The van der Waals surface area contributed by atoms with Gasteiger partial charge in [0.25, 0.3) is 0 Å². The molecule has 0 spiro atoms. The van der Waals surface area contributed by atoms with Crippen molar-refractivity contribution in [3.63, 3.8) is 0 Å². The van der Waals surface area contributed by atoms with Gasteiger partial charge in [0, 0.05) is 0 Å². The predicted molar refractivity (Wildman–Crippen MR) is 95.9 cm³/mol. The summed E-state index contributed by atoms with van der Waals surface area (Å²) in [5, 5.41) is 0. The van der Waals surface area contributed by atoms with E-state index in [9.17, 15) is 0 Å². The van der Waals surface area contributed by atoms with E-state index in [4.69, 9.17) is 2.74 Å². The molecule has 112 valence electrons. The van der Waals surface area contributed by atoms with Crippen LogP contribution in [0, 0.1) is 12.8 Å². The van der Waals surface area contributed by atoms with Crippen molar-refractivity contribution >= 4 is 17.7 Å². The number of nitrogens with zero attached hydrogens (tertiary/aromatic N) is 1. The van der Waals surface area contributed by atoms with E-state index in [0.29, 0.717) is 0 Å². The van der Waals surface area contributed by atoms with Crippen LogP contribution < -0.4 is 4.40 Å². The van der Waals surface area contributed by atoms with Gasteiger partial charge in [0.15, 0.2) is 0 Å².